The van der Waals surface area contributed by atoms with Gasteiger partial charge in [0.05, 0.1) is 0 Å². The molecule has 0 bridgehead atoms. The highest BCUT2D eigenvalue weighted by molar-refractivity contribution is 5.81. The first-order valence-corrected chi connectivity index (χ1v) is 7.76. The summed E-state index contributed by atoms with van der Waals surface area (Å²) in [6.07, 6.45) is 5.95. The molecule has 2 fully saturated rings. The molecule has 1 aliphatic carbocycles. The molecule has 114 valence electrons. The standard InChI is InChI=1S/C16H26O4/c1-11(12-7-5-4-6-8-12)9-13(17)20-14-15(18)19-10-16(14,2)3/h11-12,14H,4-10H2,1-3H3/t11-,14-/m0/s1. The van der Waals surface area contributed by atoms with E-state index in [1.807, 2.05) is 13.8 Å². The molecule has 0 aromatic heterocycles. The predicted molar refractivity (Wildman–Crippen MR) is 75.0 cm³/mol. The number of ether oxygens (including phenoxy) is 2. The van der Waals surface area contributed by atoms with Gasteiger partial charge in [-0.1, -0.05) is 52.9 Å². The first-order chi connectivity index (χ1) is 9.40. The molecule has 0 radical (unpaired) electrons. The average molecular weight is 282 g/mol. The van der Waals surface area contributed by atoms with Crippen molar-refractivity contribution >= 4 is 11.9 Å². The molecule has 4 heteroatoms. The van der Waals surface area contributed by atoms with Crippen molar-refractivity contribution in [1.82, 2.24) is 0 Å². The van der Waals surface area contributed by atoms with Crippen LogP contribution in [0.15, 0.2) is 0 Å². The van der Waals surface area contributed by atoms with E-state index in [0.29, 0.717) is 24.9 Å². The zero-order chi connectivity index (χ0) is 14.8. The van der Waals surface area contributed by atoms with Crippen LogP contribution in [0.5, 0.6) is 0 Å². The molecule has 0 unspecified atom stereocenters. The molecule has 2 rings (SSSR count). The number of carbonyl (C=O) groups is 2. The number of rotatable bonds is 4. The lowest BCUT2D eigenvalue weighted by Gasteiger charge is -2.28. The third-order valence-electron chi connectivity index (χ3n) is 4.70. The second-order valence-electron chi connectivity index (χ2n) is 7.05. The molecule has 20 heavy (non-hydrogen) atoms. The quantitative estimate of drug-likeness (QED) is 0.744. The Morgan fingerprint density at radius 2 is 2.00 bits per heavy atom. The second kappa shape index (κ2) is 6.15. The van der Waals surface area contributed by atoms with Crippen molar-refractivity contribution in [3.05, 3.63) is 0 Å². The molecule has 2 aliphatic rings. The summed E-state index contributed by atoms with van der Waals surface area (Å²) in [4.78, 5) is 23.7. The Balaban J connectivity index is 1.84. The van der Waals surface area contributed by atoms with Crippen LogP contribution in [0.25, 0.3) is 0 Å². The summed E-state index contributed by atoms with van der Waals surface area (Å²) in [7, 11) is 0. The van der Waals surface area contributed by atoms with Crippen LogP contribution in [0.2, 0.25) is 0 Å². The van der Waals surface area contributed by atoms with E-state index in [4.69, 9.17) is 9.47 Å². The smallest absolute Gasteiger partial charge is 0.348 e. The minimum Gasteiger partial charge on any atom is -0.462 e. The average Bonchev–Trinajstić information content (AvgIpc) is 2.66. The summed E-state index contributed by atoms with van der Waals surface area (Å²) in [6.45, 7) is 6.22. The van der Waals surface area contributed by atoms with Crippen molar-refractivity contribution in [3.63, 3.8) is 0 Å². The number of cyclic esters (lactones) is 1. The fourth-order valence-electron chi connectivity index (χ4n) is 3.25. The molecule has 1 heterocycles. The maximum absolute atomic E-state index is 12.1. The van der Waals surface area contributed by atoms with Crippen LogP contribution in [-0.4, -0.2) is 24.6 Å². The zero-order valence-corrected chi connectivity index (χ0v) is 12.8. The van der Waals surface area contributed by atoms with E-state index in [0.717, 1.165) is 0 Å². The first-order valence-electron chi connectivity index (χ1n) is 7.76. The van der Waals surface area contributed by atoms with Crippen molar-refractivity contribution in [3.8, 4) is 0 Å². The topological polar surface area (TPSA) is 52.6 Å². The minimum atomic E-state index is -0.742. The maximum atomic E-state index is 12.1. The molecular formula is C16H26O4. The Morgan fingerprint density at radius 1 is 1.35 bits per heavy atom. The van der Waals surface area contributed by atoms with E-state index in [1.165, 1.54) is 32.1 Å². The van der Waals surface area contributed by atoms with Crippen LogP contribution in [0.3, 0.4) is 0 Å². The van der Waals surface area contributed by atoms with Crippen LogP contribution >= 0.6 is 0 Å². The molecule has 1 saturated carbocycles. The Bertz CT molecular complexity index is 369. The van der Waals surface area contributed by atoms with Crippen LogP contribution in [-0.2, 0) is 19.1 Å². The lowest BCUT2D eigenvalue weighted by Crippen LogP contribution is -2.35. The molecule has 1 aliphatic heterocycles. The van der Waals surface area contributed by atoms with Gasteiger partial charge >= 0.3 is 11.9 Å². The molecule has 0 spiro atoms. The van der Waals surface area contributed by atoms with E-state index < -0.39 is 17.5 Å². The Morgan fingerprint density at radius 3 is 2.55 bits per heavy atom. The van der Waals surface area contributed by atoms with Gasteiger partial charge < -0.3 is 9.47 Å². The number of carbonyl (C=O) groups excluding carboxylic acids is 2. The highest BCUT2D eigenvalue weighted by Gasteiger charge is 2.46. The van der Waals surface area contributed by atoms with Crippen molar-refractivity contribution in [1.29, 1.82) is 0 Å². The molecule has 1 saturated heterocycles. The van der Waals surface area contributed by atoms with Gasteiger partial charge in [-0.15, -0.1) is 0 Å². The van der Waals surface area contributed by atoms with E-state index >= 15 is 0 Å². The highest BCUT2D eigenvalue weighted by atomic mass is 16.6. The zero-order valence-electron chi connectivity index (χ0n) is 12.8. The minimum absolute atomic E-state index is 0.264. The Hall–Kier alpha value is -1.06. The van der Waals surface area contributed by atoms with Crippen LogP contribution in [0, 0.1) is 17.3 Å². The van der Waals surface area contributed by atoms with Crippen molar-refractivity contribution in [2.75, 3.05) is 6.61 Å². The summed E-state index contributed by atoms with van der Waals surface area (Å²) in [5.74, 6) is 0.289. The fraction of sp³-hybridized carbons (Fsp3) is 0.875. The van der Waals surface area contributed by atoms with Gasteiger partial charge in [0.1, 0.15) is 6.61 Å². The van der Waals surface area contributed by atoms with Gasteiger partial charge in [0, 0.05) is 11.8 Å². The van der Waals surface area contributed by atoms with E-state index in [2.05, 4.69) is 6.92 Å². The van der Waals surface area contributed by atoms with Gasteiger partial charge in [-0.2, -0.15) is 0 Å². The second-order valence-corrected chi connectivity index (χ2v) is 7.05. The van der Waals surface area contributed by atoms with Crippen molar-refractivity contribution < 1.29 is 19.1 Å². The van der Waals surface area contributed by atoms with Gasteiger partial charge in [-0.25, -0.2) is 4.79 Å². The lowest BCUT2D eigenvalue weighted by molar-refractivity contribution is -0.164. The third kappa shape index (κ3) is 3.53. The van der Waals surface area contributed by atoms with Gasteiger partial charge in [0.15, 0.2) is 0 Å². The van der Waals surface area contributed by atoms with Crippen LogP contribution < -0.4 is 0 Å². The molecule has 0 amide bonds. The van der Waals surface area contributed by atoms with Gasteiger partial charge in [0.25, 0.3) is 0 Å². The fourth-order valence-corrected chi connectivity index (χ4v) is 3.25. The monoisotopic (exact) mass is 282 g/mol. The maximum Gasteiger partial charge on any atom is 0.348 e. The molecule has 0 aromatic rings. The molecular weight excluding hydrogens is 256 g/mol. The summed E-state index contributed by atoms with van der Waals surface area (Å²) in [5, 5.41) is 0. The normalized spacial score (nSPS) is 27.9. The van der Waals surface area contributed by atoms with E-state index in [-0.39, 0.29) is 5.97 Å². The van der Waals surface area contributed by atoms with Crippen molar-refractivity contribution in [2.24, 2.45) is 17.3 Å². The van der Waals surface area contributed by atoms with Gasteiger partial charge in [0.2, 0.25) is 6.10 Å². The Kier molecular flexibility index (Phi) is 4.71. The molecule has 0 N–H and O–H groups in total. The lowest BCUT2D eigenvalue weighted by atomic mass is 9.79. The predicted octanol–water partition coefficient (Wildman–Crippen LogP) is 3.09. The molecule has 4 nitrogen and oxygen atoms in total. The summed E-state index contributed by atoms with van der Waals surface area (Å²) in [6, 6.07) is 0. The Labute approximate surface area is 121 Å². The van der Waals surface area contributed by atoms with Crippen LogP contribution in [0.1, 0.15) is 59.3 Å². The third-order valence-corrected chi connectivity index (χ3v) is 4.70. The summed E-state index contributed by atoms with van der Waals surface area (Å²) in [5.41, 5.74) is -0.416. The van der Waals surface area contributed by atoms with E-state index in [1.54, 1.807) is 0 Å². The summed E-state index contributed by atoms with van der Waals surface area (Å²) < 4.78 is 10.4. The number of esters is 2. The largest absolute Gasteiger partial charge is 0.462 e. The number of hydrogen-bond donors (Lipinski definition) is 0. The molecule has 0 aromatic carbocycles. The summed E-state index contributed by atoms with van der Waals surface area (Å²) >= 11 is 0. The molecule has 2 atom stereocenters. The van der Waals surface area contributed by atoms with E-state index in [9.17, 15) is 9.59 Å². The SMILES string of the molecule is C[C@@H](CC(=O)O[C@H]1C(=O)OCC1(C)C)C1CCCCC1. The van der Waals surface area contributed by atoms with Crippen LogP contribution in [0.4, 0.5) is 0 Å². The van der Waals surface area contributed by atoms with Gasteiger partial charge in [-0.3, -0.25) is 4.79 Å². The van der Waals surface area contributed by atoms with Crippen molar-refractivity contribution in [2.45, 2.75) is 65.4 Å². The number of hydrogen-bond acceptors (Lipinski definition) is 4. The highest BCUT2D eigenvalue weighted by Crippen LogP contribution is 2.34. The first kappa shape index (κ1) is 15.3. The van der Waals surface area contributed by atoms with Gasteiger partial charge in [-0.05, 0) is 11.8 Å².